The van der Waals surface area contributed by atoms with E-state index in [9.17, 15) is 60.6 Å². The maximum absolute atomic E-state index is 12.1. The quantitative estimate of drug-likeness (QED) is 0.422. The van der Waals surface area contributed by atoms with Gasteiger partial charge < -0.3 is 18.0 Å². The summed E-state index contributed by atoms with van der Waals surface area (Å²) < 4.78 is 164. The van der Waals surface area contributed by atoms with Gasteiger partial charge in [-0.25, -0.2) is 29.6 Å². The molecule has 0 unspecified atom stereocenters. The van der Waals surface area contributed by atoms with E-state index in [2.05, 4.69) is 0 Å². The van der Waals surface area contributed by atoms with Gasteiger partial charge in [0.05, 0.1) is 0 Å². The molecule has 10 nitrogen and oxygen atoms in total. The molecule has 0 bridgehead atoms. The van der Waals surface area contributed by atoms with Crippen molar-refractivity contribution >= 4 is 37.7 Å². The number of nitrogens with zero attached hydrogens (tertiary/aromatic N) is 3. The summed E-state index contributed by atoms with van der Waals surface area (Å²) in [6.45, 7) is 0. The molecular formula is C3H2F7N3O7PS3-3. The van der Waals surface area contributed by atoms with Crippen molar-refractivity contribution in [1.29, 1.82) is 0 Å². The minimum absolute atomic E-state index is 1.19. The highest BCUT2D eigenvalue weighted by Gasteiger charge is 2.42. The SMILES string of the molecule is O=P([N-]S(=O)(=O)CF)([N-]S(=O)(=O)C(F)(F)F)[N-]S(=O)(=O)C(F)(F)F. The zero-order valence-corrected chi connectivity index (χ0v) is 13.6. The van der Waals surface area contributed by atoms with E-state index in [1.807, 2.05) is 0 Å². The van der Waals surface area contributed by atoms with E-state index >= 15 is 0 Å². The van der Waals surface area contributed by atoms with Gasteiger partial charge in [-0.15, -0.1) is 0 Å². The first-order valence-corrected chi connectivity index (χ1v) is 10.5. The van der Waals surface area contributed by atoms with E-state index < -0.39 is 54.7 Å². The molecule has 0 heterocycles. The fraction of sp³-hybridized carbons (Fsp3) is 1.00. The molecule has 0 aromatic heterocycles. The van der Waals surface area contributed by atoms with Gasteiger partial charge in [0.2, 0.25) is 0 Å². The number of rotatable bonds is 7. The topological polar surface area (TPSA) is 162 Å². The largest absolute Gasteiger partial charge is 0.520 e. The van der Waals surface area contributed by atoms with Crippen molar-refractivity contribution in [1.82, 2.24) is 0 Å². The molecule has 0 aromatic carbocycles. The van der Waals surface area contributed by atoms with Gasteiger partial charge >= 0.3 is 11.0 Å². The molecule has 0 saturated heterocycles. The van der Waals surface area contributed by atoms with Crippen LogP contribution in [0.15, 0.2) is 0 Å². The van der Waals surface area contributed by atoms with Crippen molar-refractivity contribution in [2.75, 3.05) is 6.01 Å². The van der Waals surface area contributed by atoms with Crippen molar-refractivity contribution < 1.29 is 60.6 Å². The second-order valence-electron chi connectivity index (χ2n) is 3.29. The van der Waals surface area contributed by atoms with Gasteiger partial charge in [0.15, 0.2) is 26.1 Å². The monoisotopic (exact) mass is 452 g/mol. The number of hydrogen-bond acceptors (Lipinski definition) is 7. The maximum atomic E-state index is 12.1. The average molecular weight is 452 g/mol. The first-order chi connectivity index (χ1) is 10.2. The first-order valence-electron chi connectivity index (χ1n) is 4.43. The summed E-state index contributed by atoms with van der Waals surface area (Å²) in [6, 6.07) is -2.68. The third kappa shape index (κ3) is 6.08. The standard InChI is InChI=1S/C3H2F7N3O7PS3/c4-1-22(15,16)11-21(14,12-23(17,18)2(5,6)7)13-24(19,20)3(8,9)10/h1H2/q-3. The summed E-state index contributed by atoms with van der Waals surface area (Å²) in [5.41, 5.74) is -12.8. The fourth-order valence-electron chi connectivity index (χ4n) is 0.601. The summed E-state index contributed by atoms with van der Waals surface area (Å²) in [6.07, 6.45) is 0. The highest BCUT2D eigenvalue weighted by Crippen LogP contribution is 2.69. The van der Waals surface area contributed by atoms with Crippen molar-refractivity contribution in [3.05, 3.63) is 13.5 Å². The molecule has 146 valence electrons. The van der Waals surface area contributed by atoms with Crippen LogP contribution in [0.1, 0.15) is 0 Å². The van der Waals surface area contributed by atoms with Crippen LogP contribution in [0, 0.1) is 0 Å². The Hall–Kier alpha value is -0.530. The van der Waals surface area contributed by atoms with Gasteiger partial charge in [0, 0.05) is 0 Å². The molecule has 0 aliphatic rings. The molecular weight excluding hydrogens is 450 g/mol. The third-order valence-electron chi connectivity index (χ3n) is 1.38. The predicted molar refractivity (Wildman–Crippen MR) is 62.5 cm³/mol. The lowest BCUT2D eigenvalue weighted by molar-refractivity contribution is -0.0429. The Morgan fingerprint density at radius 3 is 1.21 bits per heavy atom. The highest BCUT2D eigenvalue weighted by atomic mass is 32.2. The zero-order chi connectivity index (χ0) is 19.8. The smallest absolute Gasteiger partial charge is 0.480 e. The van der Waals surface area contributed by atoms with Gasteiger partial charge in [-0.2, -0.15) is 33.9 Å². The normalized spacial score (nSPS) is 15.5. The van der Waals surface area contributed by atoms with Gasteiger partial charge in [0.1, 0.15) is 10.0 Å². The van der Waals surface area contributed by atoms with Gasteiger partial charge in [-0.05, 0) is 0 Å². The molecule has 0 aromatic rings. The maximum Gasteiger partial charge on any atom is 0.480 e. The van der Waals surface area contributed by atoms with Crippen LogP contribution in [0.5, 0.6) is 0 Å². The highest BCUT2D eigenvalue weighted by molar-refractivity contribution is 8.16. The lowest BCUT2D eigenvalue weighted by Crippen LogP contribution is -2.24. The van der Waals surface area contributed by atoms with Crippen molar-refractivity contribution in [2.24, 2.45) is 0 Å². The van der Waals surface area contributed by atoms with Crippen LogP contribution in [0.4, 0.5) is 30.7 Å². The van der Waals surface area contributed by atoms with E-state index in [1.165, 1.54) is 13.5 Å². The molecule has 24 heavy (non-hydrogen) atoms. The zero-order valence-electron chi connectivity index (χ0n) is 10.2. The van der Waals surface area contributed by atoms with Crippen LogP contribution in [-0.2, 0) is 34.6 Å². The molecule has 0 N–H and O–H groups in total. The Morgan fingerprint density at radius 1 is 0.708 bits per heavy atom. The molecule has 0 atom stereocenters. The Labute approximate surface area is 129 Å². The summed E-state index contributed by atoms with van der Waals surface area (Å²) in [4.78, 5) is 0. The number of halogens is 7. The Bertz CT molecular complexity index is 777. The molecule has 0 saturated carbocycles. The van der Waals surface area contributed by atoms with E-state index in [-0.39, 0.29) is 0 Å². The molecule has 0 fully saturated rings. The van der Waals surface area contributed by atoms with Crippen molar-refractivity contribution in [3.63, 3.8) is 0 Å². The first kappa shape index (κ1) is 23.5. The minimum Gasteiger partial charge on any atom is -0.520 e. The van der Waals surface area contributed by atoms with Crippen LogP contribution in [0.2, 0.25) is 0 Å². The molecule has 0 spiro atoms. The number of hydrogen-bond donors (Lipinski definition) is 0. The van der Waals surface area contributed by atoms with Crippen molar-refractivity contribution in [3.8, 4) is 0 Å². The summed E-state index contributed by atoms with van der Waals surface area (Å²) in [7, 11) is -26.6. The van der Waals surface area contributed by atoms with Gasteiger partial charge in [0.25, 0.3) is 0 Å². The van der Waals surface area contributed by atoms with Crippen LogP contribution >= 0.6 is 7.59 Å². The van der Waals surface area contributed by atoms with Crippen molar-refractivity contribution in [2.45, 2.75) is 11.0 Å². The summed E-state index contributed by atoms with van der Waals surface area (Å²) in [5, 5.41) is 0. The van der Waals surface area contributed by atoms with E-state index in [0.29, 0.717) is 0 Å². The van der Waals surface area contributed by atoms with Crippen LogP contribution in [-0.4, -0.2) is 42.3 Å². The van der Waals surface area contributed by atoms with Crippen LogP contribution in [0.25, 0.3) is 13.5 Å². The molecule has 21 heteroatoms. The second kappa shape index (κ2) is 6.65. The van der Waals surface area contributed by atoms with E-state index in [1.54, 1.807) is 0 Å². The number of alkyl halides is 7. The average Bonchev–Trinajstić information content (AvgIpc) is 2.22. The lowest BCUT2D eigenvalue weighted by Gasteiger charge is -2.52. The molecule has 0 amide bonds. The Kier molecular flexibility index (Phi) is 6.50. The summed E-state index contributed by atoms with van der Waals surface area (Å²) >= 11 is 0. The summed E-state index contributed by atoms with van der Waals surface area (Å²) in [5.74, 6) is 0. The lowest BCUT2D eigenvalue weighted by atomic mass is 11.6. The third-order valence-corrected chi connectivity index (χ3v) is 8.09. The van der Waals surface area contributed by atoms with E-state index in [4.69, 9.17) is 0 Å². The fourth-order valence-corrected chi connectivity index (χ4v) is 6.22. The van der Waals surface area contributed by atoms with Crippen LogP contribution < -0.4 is 0 Å². The van der Waals surface area contributed by atoms with E-state index in [0.717, 1.165) is 0 Å². The Balaban J connectivity index is 6.14. The predicted octanol–water partition coefficient (Wildman–Crippen LogP) is 2.17. The second-order valence-corrected chi connectivity index (χ2v) is 10.5. The molecule has 0 radical (unpaired) electrons. The van der Waals surface area contributed by atoms with Gasteiger partial charge in [-0.3, -0.25) is 0 Å². The van der Waals surface area contributed by atoms with Crippen LogP contribution in [0.3, 0.4) is 0 Å². The molecule has 0 rings (SSSR count). The number of sulfonamides is 3. The van der Waals surface area contributed by atoms with Gasteiger partial charge in [-0.1, -0.05) is 0 Å². The molecule has 0 aliphatic heterocycles. The molecule has 0 aliphatic carbocycles. The Morgan fingerprint density at radius 2 is 1.00 bits per heavy atom. The minimum atomic E-state index is -7.00.